The molecule has 0 aromatic carbocycles. The number of nitrogens with two attached hydrogens (primary N) is 1. The van der Waals surface area contributed by atoms with Gasteiger partial charge < -0.3 is 20.3 Å². The second-order valence-corrected chi connectivity index (χ2v) is 4.52. The van der Waals surface area contributed by atoms with Gasteiger partial charge in [-0.1, -0.05) is 0 Å². The number of carbonyl (C=O) groups is 1. The predicted molar refractivity (Wildman–Crippen MR) is 58.7 cm³/mol. The van der Waals surface area contributed by atoms with Crippen LogP contribution in [0.2, 0.25) is 0 Å². The minimum Gasteiger partial charge on any atom is -0.372 e. The Balaban J connectivity index is 2.52. The molecule has 0 bridgehead atoms. The average Bonchev–Trinajstić information content (AvgIpc) is 2.15. The third kappa shape index (κ3) is 3.35. The fourth-order valence-corrected chi connectivity index (χ4v) is 1.71. The molecule has 5 heteroatoms. The van der Waals surface area contributed by atoms with Gasteiger partial charge in [0.15, 0.2) is 0 Å². The van der Waals surface area contributed by atoms with Gasteiger partial charge in [0.25, 0.3) is 0 Å². The lowest BCUT2D eigenvalue weighted by atomic mass is 10.1. The van der Waals surface area contributed by atoms with E-state index in [1.54, 1.807) is 11.9 Å². The molecule has 1 rings (SSSR count). The molecular weight excluding hydrogens is 194 g/mol. The molecule has 0 aromatic rings. The largest absolute Gasteiger partial charge is 0.372 e. The fraction of sp³-hybridized carbons (Fsp3) is 0.900. The van der Waals surface area contributed by atoms with Crippen LogP contribution in [-0.2, 0) is 4.74 Å². The van der Waals surface area contributed by atoms with E-state index in [4.69, 9.17) is 10.5 Å². The molecule has 0 atom stereocenters. The van der Waals surface area contributed by atoms with Gasteiger partial charge in [-0.15, -0.1) is 0 Å². The number of carbonyl (C=O) groups excluding carboxylic acids is 1. The summed E-state index contributed by atoms with van der Waals surface area (Å²) in [5, 5.41) is 0. The molecule has 88 valence electrons. The zero-order valence-corrected chi connectivity index (χ0v) is 9.82. The Bertz CT molecular complexity index is 231. The molecule has 5 nitrogen and oxygen atoms in total. The first kappa shape index (κ1) is 12.3. The van der Waals surface area contributed by atoms with Crippen LogP contribution in [-0.4, -0.2) is 61.3 Å². The number of ether oxygens (including phenoxy) is 1. The van der Waals surface area contributed by atoms with Crippen LogP contribution in [0, 0.1) is 0 Å². The maximum absolute atomic E-state index is 11.9. The Morgan fingerprint density at radius 1 is 1.60 bits per heavy atom. The lowest BCUT2D eigenvalue weighted by Gasteiger charge is -2.39. The van der Waals surface area contributed by atoms with Crippen molar-refractivity contribution in [2.45, 2.75) is 19.4 Å². The summed E-state index contributed by atoms with van der Waals surface area (Å²) >= 11 is 0. The Hall–Kier alpha value is -0.810. The molecule has 15 heavy (non-hydrogen) atoms. The lowest BCUT2D eigenvalue weighted by Crippen LogP contribution is -2.54. The van der Waals surface area contributed by atoms with E-state index in [2.05, 4.69) is 0 Å². The molecule has 0 spiro atoms. The zero-order valence-electron chi connectivity index (χ0n) is 9.82. The van der Waals surface area contributed by atoms with Crippen LogP contribution < -0.4 is 5.73 Å². The summed E-state index contributed by atoms with van der Waals surface area (Å²) in [6, 6.07) is 0.0387. The third-order valence-electron chi connectivity index (χ3n) is 2.49. The summed E-state index contributed by atoms with van der Waals surface area (Å²) in [7, 11) is 1.78. The van der Waals surface area contributed by atoms with Crippen LogP contribution in [0.3, 0.4) is 0 Å². The molecule has 0 aliphatic carbocycles. The SMILES string of the molecule is CN(CCN)C(=O)N1CCOC(C)(C)C1. The maximum atomic E-state index is 11.9. The van der Waals surface area contributed by atoms with Crippen molar-refractivity contribution in [2.24, 2.45) is 5.73 Å². The molecule has 0 unspecified atom stereocenters. The van der Waals surface area contributed by atoms with E-state index in [1.165, 1.54) is 0 Å². The van der Waals surface area contributed by atoms with Crippen LogP contribution in [0.25, 0.3) is 0 Å². The van der Waals surface area contributed by atoms with Gasteiger partial charge in [0.2, 0.25) is 0 Å². The molecule has 0 saturated carbocycles. The number of hydrogen-bond acceptors (Lipinski definition) is 3. The first-order valence-electron chi connectivity index (χ1n) is 5.30. The number of amides is 2. The fourth-order valence-electron chi connectivity index (χ4n) is 1.71. The van der Waals surface area contributed by atoms with E-state index in [9.17, 15) is 4.79 Å². The van der Waals surface area contributed by atoms with E-state index < -0.39 is 0 Å². The van der Waals surface area contributed by atoms with Crippen molar-refractivity contribution in [3.63, 3.8) is 0 Å². The van der Waals surface area contributed by atoms with Gasteiger partial charge in [-0.25, -0.2) is 4.79 Å². The van der Waals surface area contributed by atoms with Gasteiger partial charge in [-0.05, 0) is 13.8 Å². The maximum Gasteiger partial charge on any atom is 0.319 e. The normalized spacial score (nSPS) is 20.1. The Morgan fingerprint density at radius 3 is 2.80 bits per heavy atom. The Labute approximate surface area is 91.2 Å². The van der Waals surface area contributed by atoms with Crippen LogP contribution in [0.4, 0.5) is 4.79 Å². The molecule has 0 aromatic heterocycles. The molecule has 0 radical (unpaired) electrons. The summed E-state index contributed by atoms with van der Waals surface area (Å²) in [5.74, 6) is 0. The lowest BCUT2D eigenvalue weighted by molar-refractivity contribution is -0.0758. The highest BCUT2D eigenvalue weighted by molar-refractivity contribution is 5.74. The number of hydrogen-bond donors (Lipinski definition) is 1. The van der Waals surface area contributed by atoms with Gasteiger partial charge in [0.05, 0.1) is 18.8 Å². The van der Waals surface area contributed by atoms with Crippen molar-refractivity contribution >= 4 is 6.03 Å². The van der Waals surface area contributed by atoms with Crippen LogP contribution >= 0.6 is 0 Å². The number of morpholine rings is 1. The highest BCUT2D eigenvalue weighted by Gasteiger charge is 2.30. The standard InChI is InChI=1S/C10H21N3O2/c1-10(2)8-13(6-7-15-10)9(14)12(3)5-4-11/h4-8,11H2,1-3H3. The molecule has 1 fully saturated rings. The van der Waals surface area contributed by atoms with E-state index in [0.29, 0.717) is 32.8 Å². The van der Waals surface area contributed by atoms with E-state index >= 15 is 0 Å². The van der Waals surface area contributed by atoms with Crippen molar-refractivity contribution in [1.29, 1.82) is 0 Å². The van der Waals surface area contributed by atoms with Gasteiger partial charge in [0.1, 0.15) is 0 Å². The smallest absolute Gasteiger partial charge is 0.319 e. The third-order valence-corrected chi connectivity index (χ3v) is 2.49. The summed E-state index contributed by atoms with van der Waals surface area (Å²) in [4.78, 5) is 15.4. The topological polar surface area (TPSA) is 58.8 Å². The highest BCUT2D eigenvalue weighted by atomic mass is 16.5. The molecule has 1 aliphatic heterocycles. The first-order chi connectivity index (χ1) is 6.96. The van der Waals surface area contributed by atoms with Crippen LogP contribution in [0.1, 0.15) is 13.8 Å². The second kappa shape index (κ2) is 4.81. The molecule has 2 amide bonds. The van der Waals surface area contributed by atoms with Crippen molar-refractivity contribution in [3.05, 3.63) is 0 Å². The second-order valence-electron chi connectivity index (χ2n) is 4.52. The summed E-state index contributed by atoms with van der Waals surface area (Å²) in [5.41, 5.74) is 5.17. The summed E-state index contributed by atoms with van der Waals surface area (Å²) in [6.45, 7) is 6.99. The average molecular weight is 215 g/mol. The van der Waals surface area contributed by atoms with E-state index in [1.807, 2.05) is 18.7 Å². The highest BCUT2D eigenvalue weighted by Crippen LogP contribution is 2.17. The van der Waals surface area contributed by atoms with Crippen molar-refractivity contribution in [2.75, 3.05) is 39.8 Å². The number of urea groups is 1. The number of rotatable bonds is 2. The predicted octanol–water partition coefficient (Wildman–Crippen LogP) is 0.108. The monoisotopic (exact) mass is 215 g/mol. The van der Waals surface area contributed by atoms with E-state index in [0.717, 1.165) is 0 Å². The molecular formula is C10H21N3O2. The number of likely N-dealkylation sites (N-methyl/N-ethyl adjacent to an activating group) is 1. The zero-order chi connectivity index (χ0) is 11.5. The van der Waals surface area contributed by atoms with Crippen molar-refractivity contribution < 1.29 is 9.53 Å². The summed E-state index contributed by atoms with van der Waals surface area (Å²) < 4.78 is 5.55. The van der Waals surface area contributed by atoms with Gasteiger partial charge in [-0.2, -0.15) is 0 Å². The van der Waals surface area contributed by atoms with Crippen LogP contribution in [0.15, 0.2) is 0 Å². The minimum absolute atomic E-state index is 0.0387. The molecule has 1 heterocycles. The van der Waals surface area contributed by atoms with Gasteiger partial charge in [-0.3, -0.25) is 0 Å². The Kier molecular flexibility index (Phi) is 3.93. The molecule has 1 saturated heterocycles. The molecule has 2 N–H and O–H groups in total. The van der Waals surface area contributed by atoms with Gasteiger partial charge in [0, 0.05) is 26.7 Å². The Morgan fingerprint density at radius 2 is 2.27 bits per heavy atom. The summed E-state index contributed by atoms with van der Waals surface area (Å²) in [6.07, 6.45) is 0. The quantitative estimate of drug-likeness (QED) is 0.711. The van der Waals surface area contributed by atoms with Crippen molar-refractivity contribution in [3.8, 4) is 0 Å². The molecule has 1 aliphatic rings. The van der Waals surface area contributed by atoms with Crippen LogP contribution in [0.5, 0.6) is 0 Å². The van der Waals surface area contributed by atoms with Crippen molar-refractivity contribution in [1.82, 2.24) is 9.80 Å². The van der Waals surface area contributed by atoms with E-state index in [-0.39, 0.29) is 11.6 Å². The minimum atomic E-state index is -0.239. The first-order valence-corrected chi connectivity index (χ1v) is 5.30. The van der Waals surface area contributed by atoms with Gasteiger partial charge >= 0.3 is 6.03 Å². The number of nitrogens with zero attached hydrogens (tertiary/aromatic N) is 2.